The third kappa shape index (κ3) is 570. The van der Waals surface area contributed by atoms with E-state index in [4.69, 9.17) is 25.9 Å². The van der Waals surface area contributed by atoms with Crippen LogP contribution in [0.15, 0.2) is 0 Å². The van der Waals surface area contributed by atoms with Gasteiger partial charge in [-0.05, 0) is 0 Å². The summed E-state index contributed by atoms with van der Waals surface area (Å²) in [5.74, 6) is 0. The normalized spacial score (nSPS) is 10.5. The van der Waals surface area contributed by atoms with Gasteiger partial charge in [-0.3, -0.25) is 9.11 Å². The summed E-state index contributed by atoms with van der Waals surface area (Å²) < 4.78 is 50.4. The molecule has 66 valence electrons. The van der Waals surface area contributed by atoms with Crippen molar-refractivity contribution in [3.8, 4) is 0 Å². The van der Waals surface area contributed by atoms with E-state index >= 15 is 0 Å². The van der Waals surface area contributed by atoms with Crippen molar-refractivity contribution in [2.24, 2.45) is 10.3 Å². The zero-order valence-electron chi connectivity index (χ0n) is 5.21. The summed E-state index contributed by atoms with van der Waals surface area (Å²) in [6.45, 7) is 0. The molecule has 11 heteroatoms. The Morgan fingerprint density at radius 3 is 0.818 bits per heavy atom. The maximum atomic E-state index is 8.97. The third-order valence-corrected chi connectivity index (χ3v) is 0. The van der Waals surface area contributed by atoms with Crippen molar-refractivity contribution in [2.75, 3.05) is 0 Å². The van der Waals surface area contributed by atoms with Crippen molar-refractivity contribution in [3.63, 3.8) is 0 Å². The summed E-state index contributed by atoms with van der Waals surface area (Å²) in [4.78, 5) is 0. The van der Waals surface area contributed by atoms with Gasteiger partial charge in [0.2, 0.25) is 0 Å². The monoisotopic (exact) mass is 332 g/mol. The first-order valence-electron chi connectivity index (χ1n) is 1.50. The molecule has 11 heavy (non-hydrogen) atoms. The molecule has 0 aromatic rings. The molecule has 2 radical (unpaired) electrons. The van der Waals surface area contributed by atoms with E-state index in [0.717, 1.165) is 0 Å². The molecule has 0 fully saturated rings. The van der Waals surface area contributed by atoms with E-state index in [1.165, 1.54) is 0 Å². The Kier molecular flexibility index (Phi) is 11.2. The first kappa shape index (κ1) is 18.2. The van der Waals surface area contributed by atoms with Crippen molar-refractivity contribution < 1.29 is 25.9 Å². The quantitative estimate of drug-likeness (QED) is 0.275. The number of rotatable bonds is 0. The first-order chi connectivity index (χ1) is 4.00. The molecule has 0 unspecified atom stereocenters. The van der Waals surface area contributed by atoms with Crippen LogP contribution >= 0.6 is 0 Å². The molecule has 0 aromatic carbocycles. The van der Waals surface area contributed by atoms with Crippen LogP contribution in [0.25, 0.3) is 0 Å². The van der Waals surface area contributed by atoms with Gasteiger partial charge >= 0.3 is 20.6 Å². The average Bonchev–Trinajstić information content (AvgIpc) is 1.12. The predicted octanol–water partition coefficient (Wildman–Crippen LogP) is -2.88. The van der Waals surface area contributed by atoms with Gasteiger partial charge in [0, 0.05) is 48.9 Å². The molecule has 0 aromatic heterocycles. The molecule has 0 spiro atoms. The Morgan fingerprint density at radius 2 is 0.818 bits per heavy atom. The summed E-state index contributed by atoms with van der Waals surface area (Å²) >= 11 is 0. The topological polar surface area (TPSA) is 161 Å². The van der Waals surface area contributed by atoms with Crippen LogP contribution in [0.1, 0.15) is 0 Å². The van der Waals surface area contributed by atoms with Gasteiger partial charge in [0.25, 0.3) is 0 Å². The molecule has 0 saturated carbocycles. The van der Waals surface area contributed by atoms with E-state index in [-0.39, 0.29) is 48.9 Å². The summed E-state index contributed by atoms with van der Waals surface area (Å²) in [7, 11) is -8.33. The van der Waals surface area contributed by atoms with E-state index in [9.17, 15) is 0 Å². The van der Waals surface area contributed by atoms with Crippen molar-refractivity contribution >= 4 is 69.5 Å². The fourth-order valence-corrected chi connectivity index (χ4v) is 0. The van der Waals surface area contributed by atoms with Crippen LogP contribution in [0.4, 0.5) is 0 Å². The van der Waals surface area contributed by atoms with Crippen molar-refractivity contribution in [2.45, 2.75) is 0 Å². The largest absolute Gasteiger partial charge is 0.330 e. The second-order valence-electron chi connectivity index (χ2n) is 1.03. The number of nitrogens with two attached hydrogens (primary N) is 2. The van der Waals surface area contributed by atoms with Crippen LogP contribution in [-0.4, -0.2) is 74.8 Å². The van der Waals surface area contributed by atoms with E-state index < -0.39 is 20.6 Å². The zero-order chi connectivity index (χ0) is 9.00. The van der Waals surface area contributed by atoms with Crippen LogP contribution in [0.3, 0.4) is 0 Å². The van der Waals surface area contributed by atoms with Crippen LogP contribution < -0.4 is 10.3 Å². The number of hydrogen-bond donors (Lipinski definition) is 4. The van der Waals surface area contributed by atoms with Crippen LogP contribution in [0.2, 0.25) is 0 Å². The van der Waals surface area contributed by atoms with Crippen molar-refractivity contribution in [3.05, 3.63) is 0 Å². The molecule has 0 rings (SSSR count). The molecular weight excluding hydrogens is 325 g/mol. The van der Waals surface area contributed by atoms with Crippen LogP contribution in [-0.2, 0) is 20.6 Å². The minimum atomic E-state index is -4.17. The maximum absolute atomic E-state index is 8.97. The van der Waals surface area contributed by atoms with Crippen molar-refractivity contribution in [1.29, 1.82) is 0 Å². The predicted molar refractivity (Wildman–Crippen MR) is 37.2 cm³/mol. The van der Waals surface area contributed by atoms with Gasteiger partial charge in [0.15, 0.2) is 0 Å². The standard InChI is InChI=1S/Ba.2H3NO3S/c;2*1-5(2,3)4/h;2*(H3,1,2,3,4). The molecular formula is H6BaN2O6S2. The molecule has 0 bridgehead atoms. The fraction of sp³-hybridized carbons (Fsp3) is 0. The molecule has 0 saturated heterocycles. The van der Waals surface area contributed by atoms with Gasteiger partial charge in [0.1, 0.15) is 0 Å². The number of hydrogen-bond acceptors (Lipinski definition) is 4. The Labute approximate surface area is 104 Å². The summed E-state index contributed by atoms with van der Waals surface area (Å²) in [6, 6.07) is 0. The minimum Gasteiger partial charge on any atom is -0.274 e. The molecule has 0 aliphatic carbocycles. The molecule has 8 nitrogen and oxygen atoms in total. The maximum Gasteiger partial charge on any atom is 0.330 e. The van der Waals surface area contributed by atoms with Gasteiger partial charge in [-0.25, -0.2) is 10.3 Å². The van der Waals surface area contributed by atoms with Gasteiger partial charge in [-0.2, -0.15) is 16.8 Å². The second kappa shape index (κ2) is 6.79. The second-order valence-corrected chi connectivity index (χ2v) is 3.09. The Morgan fingerprint density at radius 1 is 0.818 bits per heavy atom. The van der Waals surface area contributed by atoms with Gasteiger partial charge < -0.3 is 0 Å². The molecule has 6 N–H and O–H groups in total. The smallest absolute Gasteiger partial charge is 0.274 e. The van der Waals surface area contributed by atoms with Crippen LogP contribution in [0.5, 0.6) is 0 Å². The SMILES string of the molecule is NS(=O)(=O)O.NS(=O)(=O)O.[Ba]. The average molecular weight is 332 g/mol. The summed E-state index contributed by atoms with van der Waals surface area (Å²) in [5, 5.41) is 7.76. The Bertz CT molecular complexity index is 215. The zero-order valence-corrected chi connectivity index (χ0v) is 11.3. The Balaban J connectivity index is -0.000000107. The van der Waals surface area contributed by atoms with Gasteiger partial charge in [-0.15, -0.1) is 0 Å². The van der Waals surface area contributed by atoms with Crippen LogP contribution in [0, 0.1) is 0 Å². The minimum absolute atomic E-state index is 0. The van der Waals surface area contributed by atoms with E-state index in [1.807, 2.05) is 0 Å². The van der Waals surface area contributed by atoms with Gasteiger partial charge in [-0.1, -0.05) is 0 Å². The molecule has 0 heterocycles. The molecule has 0 atom stereocenters. The molecule has 0 amide bonds. The van der Waals surface area contributed by atoms with Gasteiger partial charge in [0.05, 0.1) is 0 Å². The Hall–Kier alpha value is 1.31. The third-order valence-electron chi connectivity index (χ3n) is 0. The first-order valence-corrected chi connectivity index (χ1v) is 4.51. The van der Waals surface area contributed by atoms with E-state index in [1.54, 1.807) is 0 Å². The summed E-state index contributed by atoms with van der Waals surface area (Å²) in [6.07, 6.45) is 0. The summed E-state index contributed by atoms with van der Waals surface area (Å²) in [5.41, 5.74) is 0. The van der Waals surface area contributed by atoms with E-state index in [0.29, 0.717) is 0 Å². The molecule has 0 aliphatic rings. The fourth-order valence-electron chi connectivity index (χ4n) is 0. The van der Waals surface area contributed by atoms with E-state index in [2.05, 4.69) is 10.3 Å². The van der Waals surface area contributed by atoms with Crippen molar-refractivity contribution in [1.82, 2.24) is 0 Å². The molecule has 0 aliphatic heterocycles.